The van der Waals surface area contributed by atoms with E-state index >= 15 is 0 Å². The van der Waals surface area contributed by atoms with Gasteiger partial charge in [-0.3, -0.25) is 4.90 Å². The SMILES string of the molecule is CCCCCCN(c1ccc(Br)cc1)C(F)(F)F. The number of alkyl halides is 3. The van der Waals surface area contributed by atoms with Crippen LogP contribution in [0.1, 0.15) is 32.6 Å². The minimum absolute atomic E-state index is 0.0190. The highest BCUT2D eigenvalue weighted by Gasteiger charge is 2.36. The first-order valence-corrected chi connectivity index (χ1v) is 6.84. The molecule has 0 amide bonds. The Morgan fingerprint density at radius 2 is 1.67 bits per heavy atom. The van der Waals surface area contributed by atoms with Crippen LogP contribution in [-0.4, -0.2) is 12.8 Å². The number of halogens is 4. The van der Waals surface area contributed by atoms with Gasteiger partial charge in [0.25, 0.3) is 0 Å². The molecule has 0 fully saturated rings. The lowest BCUT2D eigenvalue weighted by Gasteiger charge is -2.27. The summed E-state index contributed by atoms with van der Waals surface area (Å²) in [5.74, 6) is 0. The van der Waals surface area contributed by atoms with Crippen molar-refractivity contribution in [2.24, 2.45) is 0 Å². The second kappa shape index (κ2) is 7.02. The number of rotatable bonds is 6. The lowest BCUT2D eigenvalue weighted by Crippen LogP contribution is -2.38. The average Bonchev–Trinajstić information content (AvgIpc) is 2.29. The van der Waals surface area contributed by atoms with Crippen molar-refractivity contribution in [3.05, 3.63) is 28.7 Å². The van der Waals surface area contributed by atoms with E-state index in [1.54, 1.807) is 12.1 Å². The molecule has 1 aromatic carbocycles. The molecule has 1 nitrogen and oxygen atoms in total. The Morgan fingerprint density at radius 3 is 2.17 bits per heavy atom. The predicted molar refractivity (Wildman–Crippen MR) is 71.7 cm³/mol. The molecule has 0 radical (unpaired) electrons. The third-order valence-electron chi connectivity index (χ3n) is 2.68. The van der Waals surface area contributed by atoms with Gasteiger partial charge in [0.2, 0.25) is 0 Å². The van der Waals surface area contributed by atoms with Gasteiger partial charge in [-0.15, -0.1) is 0 Å². The van der Waals surface area contributed by atoms with Gasteiger partial charge >= 0.3 is 6.30 Å². The van der Waals surface area contributed by atoms with E-state index in [0.29, 0.717) is 11.3 Å². The molecule has 0 atom stereocenters. The van der Waals surface area contributed by atoms with Crippen molar-refractivity contribution in [2.45, 2.75) is 38.9 Å². The van der Waals surface area contributed by atoms with Crippen molar-refractivity contribution in [1.29, 1.82) is 0 Å². The second-order valence-corrected chi connectivity index (χ2v) is 5.07. The van der Waals surface area contributed by atoms with E-state index in [4.69, 9.17) is 0 Å². The summed E-state index contributed by atoms with van der Waals surface area (Å²) in [6, 6.07) is 6.22. The molecule has 0 unspecified atom stereocenters. The van der Waals surface area contributed by atoms with Crippen LogP contribution in [-0.2, 0) is 0 Å². The summed E-state index contributed by atoms with van der Waals surface area (Å²) in [7, 11) is 0. The Morgan fingerprint density at radius 1 is 1.06 bits per heavy atom. The highest BCUT2D eigenvalue weighted by Crippen LogP contribution is 2.29. The van der Waals surface area contributed by atoms with E-state index in [1.165, 1.54) is 12.1 Å². The molecule has 0 aromatic heterocycles. The molecule has 1 rings (SSSR count). The standard InChI is InChI=1S/C13H17BrF3N/c1-2-3-4-5-10-18(13(15,16)17)12-8-6-11(14)7-9-12/h6-9H,2-5,10H2,1H3. The first kappa shape index (κ1) is 15.3. The maximum absolute atomic E-state index is 12.9. The molecule has 0 heterocycles. The minimum atomic E-state index is -4.32. The average molecular weight is 324 g/mol. The van der Waals surface area contributed by atoms with Crippen molar-refractivity contribution in [1.82, 2.24) is 0 Å². The largest absolute Gasteiger partial charge is 0.484 e. The van der Waals surface area contributed by atoms with Gasteiger partial charge in [0.1, 0.15) is 0 Å². The van der Waals surface area contributed by atoms with Crippen LogP contribution in [0.3, 0.4) is 0 Å². The Labute approximate surface area is 114 Å². The summed E-state index contributed by atoms with van der Waals surface area (Å²) in [6.07, 6.45) is -0.931. The Bertz CT molecular complexity index is 348. The Balaban J connectivity index is 2.70. The number of hydrogen-bond donors (Lipinski definition) is 0. The monoisotopic (exact) mass is 323 g/mol. The predicted octanol–water partition coefficient (Wildman–Crippen LogP) is 5.36. The van der Waals surface area contributed by atoms with Crippen LogP contribution in [0.5, 0.6) is 0 Å². The second-order valence-electron chi connectivity index (χ2n) is 4.16. The molecule has 0 saturated heterocycles. The Hall–Kier alpha value is -0.710. The van der Waals surface area contributed by atoms with Crippen molar-refractivity contribution in [3.8, 4) is 0 Å². The van der Waals surface area contributed by atoms with E-state index in [-0.39, 0.29) is 12.2 Å². The van der Waals surface area contributed by atoms with Crippen LogP contribution in [0.2, 0.25) is 0 Å². The maximum Gasteiger partial charge on any atom is 0.484 e. The summed E-state index contributed by atoms with van der Waals surface area (Å²) in [5.41, 5.74) is 0.196. The fraction of sp³-hybridized carbons (Fsp3) is 0.538. The van der Waals surface area contributed by atoms with Gasteiger partial charge in [0, 0.05) is 16.7 Å². The zero-order chi connectivity index (χ0) is 13.6. The molecule has 18 heavy (non-hydrogen) atoms. The molecule has 0 saturated carbocycles. The number of nitrogens with zero attached hydrogens (tertiary/aromatic N) is 1. The molecule has 0 spiro atoms. The van der Waals surface area contributed by atoms with Gasteiger partial charge in [-0.25, -0.2) is 0 Å². The molecule has 0 bridgehead atoms. The van der Waals surface area contributed by atoms with E-state index in [1.807, 2.05) is 6.92 Å². The highest BCUT2D eigenvalue weighted by molar-refractivity contribution is 9.10. The fourth-order valence-corrected chi connectivity index (χ4v) is 1.98. The lowest BCUT2D eigenvalue weighted by atomic mass is 10.2. The molecule has 0 N–H and O–H groups in total. The molecule has 0 aliphatic rings. The van der Waals surface area contributed by atoms with Gasteiger partial charge in [-0.2, -0.15) is 13.2 Å². The first-order valence-electron chi connectivity index (χ1n) is 6.05. The summed E-state index contributed by atoms with van der Waals surface area (Å²) in [4.78, 5) is 0.509. The van der Waals surface area contributed by atoms with Crippen LogP contribution in [0.4, 0.5) is 18.9 Å². The normalized spacial score (nSPS) is 11.6. The maximum atomic E-state index is 12.9. The van der Waals surface area contributed by atoms with Crippen molar-refractivity contribution in [2.75, 3.05) is 11.4 Å². The molecule has 0 aliphatic carbocycles. The van der Waals surface area contributed by atoms with Gasteiger partial charge in [0.15, 0.2) is 0 Å². The Kier molecular flexibility index (Phi) is 5.99. The van der Waals surface area contributed by atoms with Crippen LogP contribution in [0.15, 0.2) is 28.7 Å². The van der Waals surface area contributed by atoms with Crippen molar-refractivity contribution >= 4 is 21.6 Å². The van der Waals surface area contributed by atoms with Crippen LogP contribution < -0.4 is 4.90 Å². The summed E-state index contributed by atoms with van der Waals surface area (Å²) >= 11 is 3.22. The molecule has 5 heteroatoms. The number of hydrogen-bond acceptors (Lipinski definition) is 1. The van der Waals surface area contributed by atoms with E-state index in [0.717, 1.165) is 23.7 Å². The van der Waals surface area contributed by atoms with E-state index < -0.39 is 6.30 Å². The van der Waals surface area contributed by atoms with E-state index in [2.05, 4.69) is 15.9 Å². The molecule has 1 aromatic rings. The molecular weight excluding hydrogens is 307 g/mol. The van der Waals surface area contributed by atoms with Gasteiger partial charge < -0.3 is 0 Å². The van der Waals surface area contributed by atoms with Crippen molar-refractivity contribution < 1.29 is 13.2 Å². The number of anilines is 1. The quantitative estimate of drug-likeness (QED) is 0.503. The zero-order valence-corrected chi connectivity index (χ0v) is 11.9. The molecular formula is C13H17BrF3N. The van der Waals surface area contributed by atoms with E-state index in [9.17, 15) is 13.2 Å². The summed E-state index contributed by atoms with van der Waals surface area (Å²) < 4.78 is 39.6. The highest BCUT2D eigenvalue weighted by atomic mass is 79.9. The zero-order valence-electron chi connectivity index (χ0n) is 10.3. The fourth-order valence-electron chi connectivity index (χ4n) is 1.72. The van der Waals surface area contributed by atoms with Crippen molar-refractivity contribution in [3.63, 3.8) is 0 Å². The minimum Gasteiger partial charge on any atom is -0.284 e. The smallest absolute Gasteiger partial charge is 0.284 e. The van der Waals surface area contributed by atoms with Crippen LogP contribution in [0, 0.1) is 0 Å². The topological polar surface area (TPSA) is 3.24 Å². The number of benzene rings is 1. The molecule has 102 valence electrons. The third-order valence-corrected chi connectivity index (χ3v) is 3.21. The first-order chi connectivity index (χ1) is 8.45. The molecule has 0 aliphatic heterocycles. The summed E-state index contributed by atoms with van der Waals surface area (Å²) in [5, 5.41) is 0. The summed E-state index contributed by atoms with van der Waals surface area (Å²) in [6.45, 7) is 2.06. The van der Waals surface area contributed by atoms with Crippen LogP contribution >= 0.6 is 15.9 Å². The lowest BCUT2D eigenvalue weighted by molar-refractivity contribution is -0.129. The number of unbranched alkanes of at least 4 members (excludes halogenated alkanes) is 3. The van der Waals surface area contributed by atoms with Gasteiger partial charge in [-0.1, -0.05) is 42.1 Å². The van der Waals surface area contributed by atoms with Crippen LogP contribution in [0.25, 0.3) is 0 Å². The third kappa shape index (κ3) is 4.88. The van der Waals surface area contributed by atoms with Gasteiger partial charge in [0.05, 0.1) is 0 Å². The van der Waals surface area contributed by atoms with Gasteiger partial charge in [-0.05, 0) is 30.7 Å².